The topological polar surface area (TPSA) is 107 Å². The van der Waals surface area contributed by atoms with Gasteiger partial charge in [-0.15, -0.1) is 0 Å². The Morgan fingerprint density at radius 3 is 2.49 bits per heavy atom. The number of hydrogen-bond acceptors (Lipinski definition) is 6. The maximum atomic E-state index is 13.1. The number of ether oxygens (including phenoxy) is 1. The fourth-order valence-electron chi connectivity index (χ4n) is 9.33. The molecular formula is C28H21F3N6O2. The summed E-state index contributed by atoms with van der Waals surface area (Å²) < 4.78 is 47.0. The first-order valence-electron chi connectivity index (χ1n) is 12.9. The Kier molecular flexibility index (Phi) is 3.64. The van der Waals surface area contributed by atoms with Crippen molar-refractivity contribution in [2.24, 2.45) is 41.4 Å². The second-order valence-electron chi connectivity index (χ2n) is 11.4. The molecule has 10 rings (SSSR count). The molecule has 0 unspecified atom stereocenters. The lowest BCUT2D eigenvalue weighted by Gasteiger charge is -3.07. The first-order valence-corrected chi connectivity index (χ1v) is 12.9. The van der Waals surface area contributed by atoms with Gasteiger partial charge in [-0.25, -0.2) is 15.0 Å². The van der Waals surface area contributed by atoms with E-state index >= 15 is 0 Å². The van der Waals surface area contributed by atoms with Gasteiger partial charge in [0.05, 0.1) is 12.7 Å². The number of fused-ring (bicyclic) bond motifs is 1. The zero-order valence-corrected chi connectivity index (χ0v) is 20.5. The Labute approximate surface area is 219 Å². The van der Waals surface area contributed by atoms with E-state index in [1.165, 1.54) is 7.11 Å². The predicted molar refractivity (Wildman–Crippen MR) is 133 cm³/mol. The zero-order valence-electron chi connectivity index (χ0n) is 20.5. The van der Waals surface area contributed by atoms with Gasteiger partial charge < -0.3 is 15.8 Å². The van der Waals surface area contributed by atoms with Crippen LogP contribution in [-0.4, -0.2) is 32.4 Å². The standard InChI is InChI=1S/C28H21F3N6O2/c1-39-13-8-10(25(38)35-14-9-11(4-5-33-14)28(29,30)31)2-3-12(13)22-23-24(32)34-6-7-37(23)26(36-22)27-19-16-15-17(19)21(27)18(15)20(16)27/h2-9,15-21H,1H3,(H2,32,34)(H,33,35,38). The number of halogens is 3. The van der Waals surface area contributed by atoms with Crippen LogP contribution in [0.4, 0.5) is 24.8 Å². The number of amides is 1. The van der Waals surface area contributed by atoms with Gasteiger partial charge >= 0.3 is 6.18 Å². The number of nitrogens with two attached hydrogens (primary N) is 1. The monoisotopic (exact) mass is 530 g/mol. The SMILES string of the molecule is COc1cc(C(=O)Nc2cc(C(F)(F)F)ccn2)ccc1-c1nc(C23C4C5C6C4C2C6C53)n2ccnc(N)c12. The number of nitrogen functional groups attached to an aromatic ring is 1. The minimum absolute atomic E-state index is 0.161. The van der Waals surface area contributed by atoms with Crippen LogP contribution in [0.15, 0.2) is 48.9 Å². The van der Waals surface area contributed by atoms with Crippen LogP contribution in [0.25, 0.3) is 16.8 Å². The quantitative estimate of drug-likeness (QED) is 0.399. The number of carbonyl (C=O) groups excluding carboxylic acids is 1. The van der Waals surface area contributed by atoms with Gasteiger partial charge in [0.15, 0.2) is 0 Å². The molecule has 6 saturated carbocycles. The van der Waals surface area contributed by atoms with Crippen LogP contribution >= 0.6 is 0 Å². The number of anilines is 2. The van der Waals surface area contributed by atoms with E-state index in [0.717, 1.165) is 65.6 Å². The third-order valence-corrected chi connectivity index (χ3v) is 10.5. The molecule has 0 spiro atoms. The van der Waals surface area contributed by atoms with Crippen molar-refractivity contribution in [2.75, 3.05) is 18.2 Å². The Morgan fingerprint density at radius 1 is 1.05 bits per heavy atom. The number of nitrogens with zero attached hydrogens (tertiary/aromatic N) is 4. The molecule has 11 heteroatoms. The average Bonchev–Trinajstić information content (AvgIpc) is 3.33. The van der Waals surface area contributed by atoms with Gasteiger partial charge in [-0.2, -0.15) is 13.2 Å². The highest BCUT2D eigenvalue weighted by molar-refractivity contribution is 6.04. The first kappa shape index (κ1) is 21.7. The number of alkyl halides is 3. The van der Waals surface area contributed by atoms with Crippen LogP contribution in [0.5, 0.6) is 5.75 Å². The van der Waals surface area contributed by atoms with Crippen molar-refractivity contribution in [2.45, 2.75) is 11.6 Å². The fourth-order valence-corrected chi connectivity index (χ4v) is 9.33. The summed E-state index contributed by atoms with van der Waals surface area (Å²) in [4.78, 5) is 26.3. The van der Waals surface area contributed by atoms with Crippen LogP contribution in [0.2, 0.25) is 0 Å². The van der Waals surface area contributed by atoms with Crippen molar-refractivity contribution in [1.29, 1.82) is 0 Å². The maximum Gasteiger partial charge on any atom is 0.416 e. The van der Waals surface area contributed by atoms with E-state index in [2.05, 4.69) is 19.7 Å². The van der Waals surface area contributed by atoms with E-state index in [0.29, 0.717) is 28.3 Å². The van der Waals surface area contributed by atoms with Gasteiger partial charge in [0, 0.05) is 35.1 Å². The van der Waals surface area contributed by atoms with E-state index < -0.39 is 17.6 Å². The number of hydrogen-bond donors (Lipinski definition) is 2. The highest BCUT2D eigenvalue weighted by atomic mass is 19.4. The van der Waals surface area contributed by atoms with E-state index in [9.17, 15) is 18.0 Å². The smallest absolute Gasteiger partial charge is 0.416 e. The summed E-state index contributed by atoms with van der Waals surface area (Å²) in [6, 6.07) is 6.50. The molecule has 3 heterocycles. The van der Waals surface area contributed by atoms with Crippen molar-refractivity contribution in [3.8, 4) is 17.0 Å². The maximum absolute atomic E-state index is 13.1. The highest BCUT2D eigenvalue weighted by Gasteiger charge is 3.05. The Balaban J connectivity index is 1.09. The lowest BCUT2D eigenvalue weighted by Crippen LogP contribution is -3.07. The molecule has 1 amide bonds. The summed E-state index contributed by atoms with van der Waals surface area (Å²) in [6.45, 7) is 0. The van der Waals surface area contributed by atoms with Crippen LogP contribution in [0, 0.1) is 41.4 Å². The van der Waals surface area contributed by atoms with Crippen molar-refractivity contribution in [3.63, 3.8) is 0 Å². The van der Waals surface area contributed by atoms with Gasteiger partial charge in [0.25, 0.3) is 5.91 Å². The predicted octanol–water partition coefficient (Wildman–Crippen LogP) is 4.27. The first-order chi connectivity index (χ1) is 18.8. The lowest BCUT2D eigenvalue weighted by molar-refractivity contribution is -0.583. The van der Waals surface area contributed by atoms with Gasteiger partial charge in [-0.1, -0.05) is 0 Å². The van der Waals surface area contributed by atoms with E-state index in [4.69, 9.17) is 15.5 Å². The van der Waals surface area contributed by atoms with E-state index in [-0.39, 0.29) is 16.8 Å². The number of aromatic nitrogens is 4. The van der Waals surface area contributed by atoms with Crippen molar-refractivity contribution in [1.82, 2.24) is 19.4 Å². The molecule has 3 aromatic heterocycles. The Morgan fingerprint density at radius 2 is 1.79 bits per heavy atom. The summed E-state index contributed by atoms with van der Waals surface area (Å²) in [5, 5.41) is 2.44. The van der Waals surface area contributed by atoms with E-state index in [1.807, 2.05) is 6.20 Å². The normalized spacial score (nSPS) is 33.7. The molecule has 0 saturated heterocycles. The zero-order chi connectivity index (χ0) is 26.6. The molecule has 4 aromatic rings. The molecule has 196 valence electrons. The highest BCUT2D eigenvalue weighted by Crippen LogP contribution is 3.05. The number of nitrogens with one attached hydrogen (secondary N) is 1. The largest absolute Gasteiger partial charge is 0.496 e. The lowest BCUT2D eigenvalue weighted by atomic mass is 8.96. The van der Waals surface area contributed by atoms with Crippen molar-refractivity contribution < 1.29 is 22.7 Å². The van der Waals surface area contributed by atoms with Gasteiger partial charge in [-0.05, 0) is 71.8 Å². The molecule has 6 fully saturated rings. The average molecular weight is 531 g/mol. The molecule has 8 nitrogen and oxygen atoms in total. The summed E-state index contributed by atoms with van der Waals surface area (Å²) in [6.07, 6.45) is 0.0860. The second-order valence-corrected chi connectivity index (χ2v) is 11.4. The molecule has 3 N–H and O–H groups in total. The Bertz CT molecular complexity index is 1730. The molecule has 0 radical (unpaired) electrons. The number of carbonyl (C=O) groups is 1. The van der Waals surface area contributed by atoms with Crippen molar-refractivity contribution in [3.05, 3.63) is 65.9 Å². The van der Waals surface area contributed by atoms with Gasteiger partial charge in [0.2, 0.25) is 0 Å². The summed E-state index contributed by atoms with van der Waals surface area (Å²) in [5.41, 5.74) is 7.87. The molecular weight excluding hydrogens is 509 g/mol. The van der Waals surface area contributed by atoms with Crippen molar-refractivity contribution >= 4 is 23.1 Å². The molecule has 0 atom stereocenters. The molecule has 39 heavy (non-hydrogen) atoms. The van der Waals surface area contributed by atoms with Crippen LogP contribution < -0.4 is 15.8 Å². The number of methoxy groups -OCH3 is 1. The summed E-state index contributed by atoms with van der Waals surface area (Å²) in [7, 11) is 1.49. The van der Waals surface area contributed by atoms with Crippen LogP contribution in [0.1, 0.15) is 21.7 Å². The van der Waals surface area contributed by atoms with E-state index in [1.54, 1.807) is 24.4 Å². The molecule has 0 bridgehead atoms. The number of imidazole rings is 1. The minimum atomic E-state index is -4.54. The number of rotatable bonds is 5. The van der Waals surface area contributed by atoms with Crippen LogP contribution in [-0.2, 0) is 11.6 Å². The third kappa shape index (κ3) is 2.20. The van der Waals surface area contributed by atoms with Crippen LogP contribution in [0.3, 0.4) is 0 Å². The molecule has 0 aliphatic heterocycles. The molecule has 6 aliphatic carbocycles. The fraction of sp³-hybridized carbons (Fsp3) is 0.357. The number of benzene rings is 1. The summed E-state index contributed by atoms with van der Waals surface area (Å²) in [5.74, 6) is 6.87. The summed E-state index contributed by atoms with van der Waals surface area (Å²) >= 11 is 0. The molecule has 1 aromatic carbocycles. The minimum Gasteiger partial charge on any atom is -0.496 e. The Hall–Kier alpha value is -4.15. The third-order valence-electron chi connectivity index (χ3n) is 10.5. The molecule has 6 aliphatic rings. The van der Waals surface area contributed by atoms with Gasteiger partial charge in [-0.3, -0.25) is 9.20 Å². The number of pyridine rings is 1. The van der Waals surface area contributed by atoms with Gasteiger partial charge in [0.1, 0.15) is 34.4 Å². The second kappa shape index (κ2) is 6.52.